The molecule has 0 N–H and O–H groups in total. The number of pyridine rings is 1. The first kappa shape index (κ1) is 17.4. The van der Waals surface area contributed by atoms with Gasteiger partial charge in [0, 0.05) is 44.3 Å². The summed E-state index contributed by atoms with van der Waals surface area (Å²) in [5.41, 5.74) is 1.94. The second-order valence-corrected chi connectivity index (χ2v) is 6.44. The van der Waals surface area contributed by atoms with E-state index in [0.29, 0.717) is 13.1 Å². The van der Waals surface area contributed by atoms with Crippen molar-refractivity contribution >= 4 is 11.6 Å². The van der Waals surface area contributed by atoms with Gasteiger partial charge in [-0.05, 0) is 43.9 Å². The van der Waals surface area contributed by atoms with Gasteiger partial charge in [0.05, 0.1) is 0 Å². The number of aromatic nitrogens is 1. The van der Waals surface area contributed by atoms with Crippen molar-refractivity contribution in [1.29, 1.82) is 0 Å². The van der Waals surface area contributed by atoms with E-state index in [1.807, 2.05) is 36.0 Å². The van der Waals surface area contributed by atoms with E-state index in [4.69, 9.17) is 0 Å². The molecule has 2 aromatic rings. The summed E-state index contributed by atoms with van der Waals surface area (Å²) >= 11 is 0. The molecule has 1 amide bonds. The number of amides is 1. The average Bonchev–Trinajstić information content (AvgIpc) is 2.64. The van der Waals surface area contributed by atoms with Gasteiger partial charge in [0.15, 0.2) is 0 Å². The normalized spacial score (nSPS) is 16.2. The van der Waals surface area contributed by atoms with Crippen LogP contribution in [0.1, 0.15) is 11.6 Å². The summed E-state index contributed by atoms with van der Waals surface area (Å²) in [5, 5.41) is 0. The molecule has 6 heteroatoms. The van der Waals surface area contributed by atoms with Crippen molar-refractivity contribution in [2.75, 3.05) is 45.2 Å². The first-order valence-corrected chi connectivity index (χ1v) is 8.42. The summed E-state index contributed by atoms with van der Waals surface area (Å²) in [4.78, 5) is 23.1. The predicted octanol–water partition coefficient (Wildman–Crippen LogP) is 2.17. The van der Waals surface area contributed by atoms with Crippen LogP contribution in [-0.4, -0.2) is 61.0 Å². The van der Waals surface area contributed by atoms with Crippen LogP contribution in [0.15, 0.2) is 48.8 Å². The van der Waals surface area contributed by atoms with Crippen LogP contribution in [0, 0.1) is 5.82 Å². The van der Waals surface area contributed by atoms with Crippen LogP contribution in [-0.2, 0) is 4.79 Å². The van der Waals surface area contributed by atoms with Gasteiger partial charge in [0.25, 0.3) is 0 Å². The molecular formula is C19H23FN4O. The molecule has 1 aliphatic heterocycles. The maximum Gasteiger partial charge on any atom is 0.244 e. The van der Waals surface area contributed by atoms with Crippen molar-refractivity contribution in [2.45, 2.75) is 6.04 Å². The molecule has 25 heavy (non-hydrogen) atoms. The second-order valence-electron chi connectivity index (χ2n) is 6.44. The number of likely N-dealkylation sites (N-methyl/N-ethyl adjacent to an activating group) is 1. The highest BCUT2D eigenvalue weighted by molar-refractivity contribution is 5.83. The van der Waals surface area contributed by atoms with Gasteiger partial charge in [0.2, 0.25) is 5.91 Å². The Balaban J connectivity index is 1.68. The van der Waals surface area contributed by atoms with Crippen molar-refractivity contribution in [1.82, 2.24) is 14.8 Å². The molecule has 3 rings (SSSR count). The minimum Gasteiger partial charge on any atom is -0.368 e. The van der Waals surface area contributed by atoms with Crippen LogP contribution < -0.4 is 4.90 Å². The monoisotopic (exact) mass is 342 g/mol. The van der Waals surface area contributed by atoms with E-state index in [0.717, 1.165) is 24.3 Å². The number of benzene rings is 1. The summed E-state index contributed by atoms with van der Waals surface area (Å²) in [6.45, 7) is 2.93. The molecule has 0 bridgehead atoms. The minimum absolute atomic E-state index is 0.0611. The topological polar surface area (TPSA) is 39.7 Å². The summed E-state index contributed by atoms with van der Waals surface area (Å²) in [7, 11) is 3.75. The zero-order valence-electron chi connectivity index (χ0n) is 14.6. The van der Waals surface area contributed by atoms with Crippen LogP contribution in [0.5, 0.6) is 0 Å². The third-order valence-electron chi connectivity index (χ3n) is 4.56. The van der Waals surface area contributed by atoms with Crippen molar-refractivity contribution in [3.8, 4) is 0 Å². The molecular weight excluding hydrogens is 319 g/mol. The molecule has 1 aromatic heterocycles. The van der Waals surface area contributed by atoms with Gasteiger partial charge in [0.1, 0.15) is 11.9 Å². The highest BCUT2D eigenvalue weighted by atomic mass is 19.1. The molecule has 5 nitrogen and oxygen atoms in total. The Morgan fingerprint density at radius 3 is 2.20 bits per heavy atom. The first-order chi connectivity index (χ1) is 12.1. The summed E-state index contributed by atoms with van der Waals surface area (Å²) in [6, 6.07) is 9.75. The fourth-order valence-corrected chi connectivity index (χ4v) is 3.22. The van der Waals surface area contributed by atoms with Crippen LogP contribution >= 0.6 is 0 Å². The molecule has 1 saturated heterocycles. The van der Waals surface area contributed by atoms with Gasteiger partial charge < -0.3 is 9.80 Å². The molecule has 1 aliphatic rings. The second kappa shape index (κ2) is 7.61. The predicted molar refractivity (Wildman–Crippen MR) is 95.9 cm³/mol. The molecule has 2 heterocycles. The number of halogens is 1. The number of hydrogen-bond acceptors (Lipinski definition) is 4. The van der Waals surface area contributed by atoms with Gasteiger partial charge in [-0.2, -0.15) is 0 Å². The van der Waals surface area contributed by atoms with Crippen molar-refractivity contribution in [2.24, 2.45) is 0 Å². The van der Waals surface area contributed by atoms with Gasteiger partial charge in [-0.3, -0.25) is 14.7 Å². The number of nitrogens with zero attached hydrogens (tertiary/aromatic N) is 4. The highest BCUT2D eigenvalue weighted by Gasteiger charge is 2.30. The van der Waals surface area contributed by atoms with E-state index in [1.165, 1.54) is 12.1 Å². The van der Waals surface area contributed by atoms with Crippen molar-refractivity contribution in [3.05, 3.63) is 60.2 Å². The van der Waals surface area contributed by atoms with E-state index >= 15 is 0 Å². The Hall–Kier alpha value is -2.47. The molecule has 132 valence electrons. The third kappa shape index (κ3) is 3.96. The third-order valence-corrected chi connectivity index (χ3v) is 4.56. The smallest absolute Gasteiger partial charge is 0.244 e. The maximum atomic E-state index is 13.2. The Morgan fingerprint density at radius 1 is 1.04 bits per heavy atom. The zero-order chi connectivity index (χ0) is 17.8. The molecule has 1 atom stereocenters. The lowest BCUT2D eigenvalue weighted by atomic mass is 10.0. The number of piperazine rings is 1. The maximum absolute atomic E-state index is 13.2. The molecule has 0 saturated carbocycles. The van der Waals surface area contributed by atoms with E-state index in [1.54, 1.807) is 24.5 Å². The van der Waals surface area contributed by atoms with Crippen LogP contribution in [0.3, 0.4) is 0 Å². The van der Waals surface area contributed by atoms with Crippen molar-refractivity contribution < 1.29 is 9.18 Å². The molecule has 0 unspecified atom stereocenters. The lowest BCUT2D eigenvalue weighted by Crippen LogP contribution is -2.51. The molecule has 0 aliphatic carbocycles. The minimum atomic E-state index is -0.395. The standard InChI is InChI=1S/C19H23FN4O/c1-22(2)18(15-3-5-16(20)6-4-15)19(25)24-13-11-23(12-14-24)17-7-9-21-10-8-17/h3-10,18H,11-14H2,1-2H3/t18-/m1/s1. The fourth-order valence-electron chi connectivity index (χ4n) is 3.22. The number of rotatable bonds is 4. The van der Waals surface area contributed by atoms with E-state index in [9.17, 15) is 9.18 Å². The molecule has 1 fully saturated rings. The lowest BCUT2D eigenvalue weighted by molar-refractivity contribution is -0.136. The Morgan fingerprint density at radius 2 is 1.64 bits per heavy atom. The van der Waals surface area contributed by atoms with Gasteiger partial charge in [-0.1, -0.05) is 12.1 Å². The Bertz CT molecular complexity index is 697. The molecule has 1 aromatic carbocycles. The number of hydrogen-bond donors (Lipinski definition) is 0. The summed E-state index contributed by atoms with van der Waals surface area (Å²) < 4.78 is 13.2. The van der Waals surface area contributed by atoms with E-state index < -0.39 is 6.04 Å². The molecule has 0 radical (unpaired) electrons. The Kier molecular flexibility index (Phi) is 5.28. The van der Waals surface area contributed by atoms with Gasteiger partial charge in [-0.25, -0.2) is 4.39 Å². The van der Waals surface area contributed by atoms with Crippen molar-refractivity contribution in [3.63, 3.8) is 0 Å². The van der Waals surface area contributed by atoms with Crippen LogP contribution in [0.2, 0.25) is 0 Å². The Labute approximate surface area is 147 Å². The van der Waals surface area contributed by atoms with E-state index in [2.05, 4.69) is 9.88 Å². The van der Waals surface area contributed by atoms with Gasteiger partial charge >= 0.3 is 0 Å². The average molecular weight is 342 g/mol. The van der Waals surface area contributed by atoms with Crippen LogP contribution in [0.25, 0.3) is 0 Å². The van der Waals surface area contributed by atoms with Gasteiger partial charge in [-0.15, -0.1) is 0 Å². The van der Waals surface area contributed by atoms with E-state index in [-0.39, 0.29) is 11.7 Å². The first-order valence-electron chi connectivity index (χ1n) is 8.42. The summed E-state index contributed by atoms with van der Waals surface area (Å²) in [6.07, 6.45) is 3.56. The number of anilines is 1. The highest BCUT2D eigenvalue weighted by Crippen LogP contribution is 2.23. The SMILES string of the molecule is CN(C)[C@@H](C(=O)N1CCN(c2ccncc2)CC1)c1ccc(F)cc1. The number of carbonyl (C=O) groups is 1. The largest absolute Gasteiger partial charge is 0.368 e. The lowest BCUT2D eigenvalue weighted by Gasteiger charge is -2.38. The quantitative estimate of drug-likeness (QED) is 0.854. The number of carbonyl (C=O) groups excluding carboxylic acids is 1. The molecule has 0 spiro atoms. The zero-order valence-corrected chi connectivity index (χ0v) is 14.6. The fraction of sp³-hybridized carbons (Fsp3) is 0.368. The summed E-state index contributed by atoms with van der Waals surface area (Å²) in [5.74, 6) is -0.231. The van der Waals surface area contributed by atoms with Crippen LogP contribution in [0.4, 0.5) is 10.1 Å².